The lowest BCUT2D eigenvalue weighted by Crippen LogP contribution is -2.15. The molecule has 2 aromatic heterocycles. The molecule has 2 rings (SSSR count). The van der Waals surface area contributed by atoms with Crippen molar-refractivity contribution in [3.05, 3.63) is 46.5 Å². The fourth-order valence-corrected chi connectivity index (χ4v) is 2.09. The normalized spacial score (nSPS) is 10.8. The molecule has 0 aromatic carbocycles. The molecule has 0 amide bonds. The van der Waals surface area contributed by atoms with Crippen LogP contribution in [0.25, 0.3) is 0 Å². The SMILES string of the molecule is Cc1nn(C)c(C)c1CNCc1cccc(C(=O)O)n1. The van der Waals surface area contributed by atoms with Crippen LogP contribution in [0.3, 0.4) is 0 Å². The molecule has 2 N–H and O–H groups in total. The van der Waals surface area contributed by atoms with Crippen molar-refractivity contribution < 1.29 is 9.90 Å². The van der Waals surface area contributed by atoms with E-state index in [1.54, 1.807) is 6.07 Å². The van der Waals surface area contributed by atoms with Gasteiger partial charge in [0.15, 0.2) is 0 Å². The Hall–Kier alpha value is -2.21. The van der Waals surface area contributed by atoms with Gasteiger partial charge in [0.05, 0.1) is 11.4 Å². The highest BCUT2D eigenvalue weighted by Crippen LogP contribution is 2.11. The molecule has 6 heteroatoms. The van der Waals surface area contributed by atoms with Crippen LogP contribution in [-0.4, -0.2) is 25.8 Å². The molecule has 106 valence electrons. The van der Waals surface area contributed by atoms with Crippen molar-refractivity contribution in [2.75, 3.05) is 0 Å². The lowest BCUT2D eigenvalue weighted by molar-refractivity contribution is 0.0690. The van der Waals surface area contributed by atoms with Crippen molar-refractivity contribution in [3.63, 3.8) is 0 Å². The summed E-state index contributed by atoms with van der Waals surface area (Å²) in [5.74, 6) is -1.01. The zero-order valence-electron chi connectivity index (χ0n) is 11.8. The minimum atomic E-state index is -1.01. The predicted octanol–water partition coefficient (Wildman–Crippen LogP) is 1.42. The van der Waals surface area contributed by atoms with Crippen LogP contribution in [0.15, 0.2) is 18.2 Å². The summed E-state index contributed by atoms with van der Waals surface area (Å²) in [6.07, 6.45) is 0. The van der Waals surface area contributed by atoms with E-state index < -0.39 is 5.97 Å². The summed E-state index contributed by atoms with van der Waals surface area (Å²) in [5.41, 5.74) is 4.08. The van der Waals surface area contributed by atoms with Gasteiger partial charge >= 0.3 is 5.97 Å². The third-order valence-corrected chi connectivity index (χ3v) is 3.29. The molecule has 6 nitrogen and oxygen atoms in total. The summed E-state index contributed by atoms with van der Waals surface area (Å²) in [4.78, 5) is 14.9. The summed E-state index contributed by atoms with van der Waals surface area (Å²) in [6, 6.07) is 5.00. The van der Waals surface area contributed by atoms with Crippen molar-refractivity contribution >= 4 is 5.97 Å². The molecule has 0 atom stereocenters. The quantitative estimate of drug-likeness (QED) is 0.862. The maximum atomic E-state index is 10.8. The van der Waals surface area contributed by atoms with Gasteiger partial charge < -0.3 is 10.4 Å². The monoisotopic (exact) mass is 274 g/mol. The second-order valence-electron chi connectivity index (χ2n) is 4.70. The number of rotatable bonds is 5. The maximum Gasteiger partial charge on any atom is 0.354 e. The molecule has 0 spiro atoms. The van der Waals surface area contributed by atoms with Gasteiger partial charge in [-0.05, 0) is 26.0 Å². The number of pyridine rings is 1. The molecule has 0 saturated carbocycles. The Morgan fingerprint density at radius 1 is 1.35 bits per heavy atom. The number of aromatic carboxylic acids is 1. The smallest absolute Gasteiger partial charge is 0.354 e. The number of aromatic nitrogens is 3. The Morgan fingerprint density at radius 3 is 2.70 bits per heavy atom. The molecule has 0 fully saturated rings. The zero-order valence-corrected chi connectivity index (χ0v) is 11.8. The molecule has 0 radical (unpaired) electrons. The third-order valence-electron chi connectivity index (χ3n) is 3.29. The predicted molar refractivity (Wildman–Crippen MR) is 74.4 cm³/mol. The van der Waals surface area contributed by atoms with Gasteiger partial charge in [0, 0.05) is 31.4 Å². The van der Waals surface area contributed by atoms with Crippen LogP contribution in [0.5, 0.6) is 0 Å². The van der Waals surface area contributed by atoms with Crippen LogP contribution >= 0.6 is 0 Å². The minimum absolute atomic E-state index is 0.0676. The molecule has 0 bridgehead atoms. The van der Waals surface area contributed by atoms with E-state index >= 15 is 0 Å². The first-order chi connectivity index (χ1) is 9.49. The van der Waals surface area contributed by atoms with E-state index in [9.17, 15) is 4.79 Å². The third kappa shape index (κ3) is 3.03. The number of hydrogen-bond acceptors (Lipinski definition) is 4. The molecule has 0 saturated heterocycles. The van der Waals surface area contributed by atoms with Crippen molar-refractivity contribution in [2.45, 2.75) is 26.9 Å². The molecule has 2 heterocycles. The molecule has 2 aromatic rings. The lowest BCUT2D eigenvalue weighted by Gasteiger charge is -2.06. The molecule has 0 aliphatic carbocycles. The number of carbonyl (C=O) groups is 1. The summed E-state index contributed by atoms with van der Waals surface area (Å²) < 4.78 is 1.86. The molecule has 0 aliphatic rings. The highest BCUT2D eigenvalue weighted by Gasteiger charge is 2.09. The fourth-order valence-electron chi connectivity index (χ4n) is 2.09. The van der Waals surface area contributed by atoms with E-state index in [1.165, 1.54) is 11.6 Å². The van der Waals surface area contributed by atoms with Crippen molar-refractivity contribution in [1.82, 2.24) is 20.1 Å². The van der Waals surface area contributed by atoms with Gasteiger partial charge in [0.2, 0.25) is 0 Å². The summed E-state index contributed by atoms with van der Waals surface area (Å²) in [6.45, 7) is 5.22. The van der Waals surface area contributed by atoms with Gasteiger partial charge in [0.25, 0.3) is 0 Å². The van der Waals surface area contributed by atoms with Crippen molar-refractivity contribution in [1.29, 1.82) is 0 Å². The second-order valence-corrected chi connectivity index (χ2v) is 4.70. The Bertz CT molecular complexity index is 634. The maximum absolute atomic E-state index is 10.8. The van der Waals surface area contributed by atoms with Gasteiger partial charge in [-0.1, -0.05) is 6.07 Å². The van der Waals surface area contributed by atoms with Gasteiger partial charge in [-0.3, -0.25) is 4.68 Å². The number of nitrogens with zero attached hydrogens (tertiary/aromatic N) is 3. The van der Waals surface area contributed by atoms with Crippen LogP contribution in [0.1, 0.15) is 33.1 Å². The highest BCUT2D eigenvalue weighted by atomic mass is 16.4. The Kier molecular flexibility index (Phi) is 4.14. The van der Waals surface area contributed by atoms with Crippen molar-refractivity contribution in [3.8, 4) is 0 Å². The van der Waals surface area contributed by atoms with E-state index in [1.807, 2.05) is 31.6 Å². The first-order valence-electron chi connectivity index (χ1n) is 6.38. The lowest BCUT2D eigenvalue weighted by atomic mass is 10.2. The average Bonchev–Trinajstić information content (AvgIpc) is 2.65. The molecular weight excluding hydrogens is 256 g/mol. The Balaban J connectivity index is 1.99. The Morgan fingerprint density at radius 2 is 2.10 bits per heavy atom. The second kappa shape index (κ2) is 5.83. The van der Waals surface area contributed by atoms with Gasteiger partial charge in [0.1, 0.15) is 5.69 Å². The number of nitrogens with one attached hydrogen (secondary N) is 1. The number of carboxylic acids is 1. The first kappa shape index (κ1) is 14.2. The van der Waals surface area contributed by atoms with Crippen molar-refractivity contribution in [2.24, 2.45) is 7.05 Å². The minimum Gasteiger partial charge on any atom is -0.477 e. The number of carboxylic acid groups (broad SMARTS) is 1. The van der Waals surface area contributed by atoms with E-state index in [0.29, 0.717) is 18.8 Å². The van der Waals surface area contributed by atoms with Crippen LogP contribution in [-0.2, 0) is 20.1 Å². The average molecular weight is 274 g/mol. The fraction of sp³-hybridized carbons (Fsp3) is 0.357. The standard InChI is InChI=1S/C14H18N4O2/c1-9-12(10(2)18(3)17-9)8-15-7-11-5-4-6-13(16-11)14(19)20/h4-6,15H,7-8H2,1-3H3,(H,19,20). The molecular formula is C14H18N4O2. The zero-order chi connectivity index (χ0) is 14.7. The summed E-state index contributed by atoms with van der Waals surface area (Å²) in [5, 5.41) is 16.5. The molecule has 20 heavy (non-hydrogen) atoms. The van der Waals surface area contributed by atoms with E-state index in [0.717, 1.165) is 11.4 Å². The van der Waals surface area contributed by atoms with Gasteiger partial charge in [-0.25, -0.2) is 9.78 Å². The number of hydrogen-bond donors (Lipinski definition) is 2. The first-order valence-corrected chi connectivity index (χ1v) is 6.38. The highest BCUT2D eigenvalue weighted by molar-refractivity contribution is 5.85. The van der Waals surface area contributed by atoms with Crippen LogP contribution < -0.4 is 5.32 Å². The molecule has 0 aliphatic heterocycles. The van der Waals surface area contributed by atoms with Crippen LogP contribution in [0.4, 0.5) is 0 Å². The van der Waals surface area contributed by atoms with Gasteiger partial charge in [-0.15, -0.1) is 0 Å². The molecule has 0 unspecified atom stereocenters. The van der Waals surface area contributed by atoms with E-state index in [4.69, 9.17) is 5.11 Å². The van der Waals surface area contributed by atoms with E-state index in [2.05, 4.69) is 15.4 Å². The Labute approximate surface area is 117 Å². The van der Waals surface area contributed by atoms with E-state index in [-0.39, 0.29) is 5.69 Å². The summed E-state index contributed by atoms with van der Waals surface area (Å²) in [7, 11) is 1.92. The number of aryl methyl sites for hydroxylation is 2. The topological polar surface area (TPSA) is 80.0 Å². The van der Waals surface area contributed by atoms with Gasteiger partial charge in [-0.2, -0.15) is 5.10 Å². The van der Waals surface area contributed by atoms with Crippen LogP contribution in [0.2, 0.25) is 0 Å². The van der Waals surface area contributed by atoms with Crippen LogP contribution in [0, 0.1) is 13.8 Å². The largest absolute Gasteiger partial charge is 0.477 e. The summed E-state index contributed by atoms with van der Waals surface area (Å²) >= 11 is 0.